The van der Waals surface area contributed by atoms with Crippen molar-refractivity contribution in [1.82, 2.24) is 0 Å². The Hall–Kier alpha value is -1.15. The monoisotopic (exact) mass is 274 g/mol. The van der Waals surface area contributed by atoms with Crippen LogP contribution in [0.15, 0.2) is 12.1 Å². The second kappa shape index (κ2) is 6.53. The van der Waals surface area contributed by atoms with Crippen LogP contribution in [0.3, 0.4) is 0 Å². The lowest BCUT2D eigenvalue weighted by atomic mass is 9.89. The molecule has 2 atom stereocenters. The number of ether oxygens (including phenoxy) is 1. The van der Waals surface area contributed by atoms with Crippen LogP contribution in [0.2, 0.25) is 0 Å². The summed E-state index contributed by atoms with van der Waals surface area (Å²) in [5.74, 6) is 0.844. The van der Waals surface area contributed by atoms with Crippen LogP contribution in [-0.2, 0) is 4.74 Å². The number of carbonyl (C=O) groups excluding carboxylic acids is 1. The van der Waals surface area contributed by atoms with Gasteiger partial charge in [-0.25, -0.2) is 0 Å². The highest BCUT2D eigenvalue weighted by atomic mass is 16.5. The quantitative estimate of drug-likeness (QED) is 0.761. The van der Waals surface area contributed by atoms with Crippen molar-refractivity contribution in [1.29, 1.82) is 0 Å². The van der Waals surface area contributed by atoms with E-state index >= 15 is 0 Å². The summed E-state index contributed by atoms with van der Waals surface area (Å²) >= 11 is 0. The van der Waals surface area contributed by atoms with Crippen molar-refractivity contribution in [3.63, 3.8) is 0 Å². The van der Waals surface area contributed by atoms with Crippen LogP contribution in [0.4, 0.5) is 0 Å². The Morgan fingerprint density at radius 1 is 1.15 bits per heavy atom. The number of Topliss-reactive ketones (excluding diaryl/α,β-unsaturated/α-hetero) is 1. The average Bonchev–Trinajstić information content (AvgIpc) is 2.40. The number of hydrogen-bond donors (Lipinski definition) is 0. The van der Waals surface area contributed by atoms with Crippen molar-refractivity contribution in [2.24, 2.45) is 5.92 Å². The van der Waals surface area contributed by atoms with Crippen LogP contribution in [0, 0.1) is 26.7 Å². The molecule has 0 heterocycles. The molecule has 1 saturated carbocycles. The minimum atomic E-state index is 0.115. The van der Waals surface area contributed by atoms with E-state index in [4.69, 9.17) is 4.74 Å². The van der Waals surface area contributed by atoms with Crippen LogP contribution in [0.1, 0.15) is 59.7 Å². The molecule has 2 nitrogen and oxygen atoms in total. The molecule has 2 heteroatoms. The SMILES string of the molecule is Cc1cc(C)c(C(=O)COC2CCCC(C)C2)cc1C. The lowest BCUT2D eigenvalue weighted by Gasteiger charge is -2.26. The molecule has 0 radical (unpaired) electrons. The Morgan fingerprint density at radius 2 is 1.85 bits per heavy atom. The zero-order chi connectivity index (χ0) is 14.7. The molecule has 0 aliphatic heterocycles. The Kier molecular flexibility index (Phi) is 4.98. The maximum atomic E-state index is 12.3. The number of aryl methyl sites for hydroxylation is 3. The second-order valence-electron chi connectivity index (χ2n) is 6.38. The minimum Gasteiger partial charge on any atom is -0.370 e. The van der Waals surface area contributed by atoms with Gasteiger partial charge in [0.15, 0.2) is 5.78 Å². The van der Waals surface area contributed by atoms with Gasteiger partial charge in [-0.15, -0.1) is 0 Å². The van der Waals surface area contributed by atoms with Crippen molar-refractivity contribution in [2.45, 2.75) is 59.5 Å². The maximum absolute atomic E-state index is 12.3. The van der Waals surface area contributed by atoms with E-state index in [1.165, 1.54) is 24.0 Å². The van der Waals surface area contributed by atoms with Crippen molar-refractivity contribution < 1.29 is 9.53 Å². The highest BCUT2D eigenvalue weighted by Gasteiger charge is 2.21. The van der Waals surface area contributed by atoms with E-state index in [2.05, 4.69) is 26.8 Å². The molecule has 0 aromatic heterocycles. The molecule has 1 aliphatic carbocycles. The summed E-state index contributed by atoms with van der Waals surface area (Å²) in [6.07, 6.45) is 4.99. The first-order valence-electron chi connectivity index (χ1n) is 7.70. The fraction of sp³-hybridized carbons (Fsp3) is 0.611. The number of benzene rings is 1. The highest BCUT2D eigenvalue weighted by Crippen LogP contribution is 2.26. The molecule has 1 fully saturated rings. The summed E-state index contributed by atoms with van der Waals surface area (Å²) in [6, 6.07) is 4.09. The third-order valence-corrected chi connectivity index (χ3v) is 4.48. The van der Waals surface area contributed by atoms with E-state index in [-0.39, 0.29) is 18.5 Å². The zero-order valence-electron chi connectivity index (χ0n) is 13.2. The molecular weight excluding hydrogens is 248 g/mol. The molecule has 1 aromatic rings. The van der Waals surface area contributed by atoms with Gasteiger partial charge in [0.05, 0.1) is 6.10 Å². The fourth-order valence-corrected chi connectivity index (χ4v) is 3.06. The third-order valence-electron chi connectivity index (χ3n) is 4.48. The largest absolute Gasteiger partial charge is 0.370 e. The van der Waals surface area contributed by atoms with Crippen LogP contribution in [0.5, 0.6) is 0 Å². The standard InChI is InChI=1S/C18H26O2/c1-12-6-5-7-16(8-12)20-11-18(19)17-10-14(3)13(2)9-15(17)4/h9-10,12,16H,5-8,11H2,1-4H3. The molecule has 0 spiro atoms. The van der Waals surface area contributed by atoms with Gasteiger partial charge in [-0.05, 0) is 62.3 Å². The zero-order valence-corrected chi connectivity index (χ0v) is 13.2. The molecule has 1 aliphatic rings. The van der Waals surface area contributed by atoms with E-state index in [1.54, 1.807) is 0 Å². The highest BCUT2D eigenvalue weighted by molar-refractivity contribution is 5.98. The van der Waals surface area contributed by atoms with Crippen LogP contribution < -0.4 is 0 Å². The van der Waals surface area contributed by atoms with E-state index in [0.29, 0.717) is 0 Å². The lowest BCUT2D eigenvalue weighted by molar-refractivity contribution is 0.0182. The van der Waals surface area contributed by atoms with Gasteiger partial charge in [0.2, 0.25) is 0 Å². The molecule has 1 aromatic carbocycles. The third kappa shape index (κ3) is 3.69. The van der Waals surface area contributed by atoms with E-state index in [1.807, 2.05) is 13.0 Å². The molecular formula is C18H26O2. The Labute approximate surface area is 122 Å². The van der Waals surface area contributed by atoms with Gasteiger partial charge in [-0.3, -0.25) is 4.79 Å². The summed E-state index contributed by atoms with van der Waals surface area (Å²) in [4.78, 5) is 12.3. The van der Waals surface area contributed by atoms with Crippen molar-refractivity contribution >= 4 is 5.78 Å². The normalized spacial score (nSPS) is 22.8. The first-order chi connectivity index (χ1) is 9.47. The maximum Gasteiger partial charge on any atom is 0.188 e. The topological polar surface area (TPSA) is 26.3 Å². The van der Waals surface area contributed by atoms with Crippen LogP contribution in [0.25, 0.3) is 0 Å². The minimum absolute atomic E-state index is 0.115. The Balaban J connectivity index is 1.96. The van der Waals surface area contributed by atoms with Crippen molar-refractivity contribution in [3.05, 3.63) is 34.4 Å². The summed E-state index contributed by atoms with van der Waals surface area (Å²) in [7, 11) is 0. The molecule has 20 heavy (non-hydrogen) atoms. The summed E-state index contributed by atoms with van der Waals surface area (Å²) in [5.41, 5.74) is 4.28. The summed E-state index contributed by atoms with van der Waals surface area (Å²) < 4.78 is 5.85. The Bertz CT molecular complexity index is 490. The van der Waals surface area contributed by atoms with Crippen LogP contribution >= 0.6 is 0 Å². The first kappa shape index (κ1) is 15.2. The molecule has 2 unspecified atom stereocenters. The number of rotatable bonds is 4. The van der Waals surface area contributed by atoms with Gasteiger partial charge < -0.3 is 4.74 Å². The van der Waals surface area contributed by atoms with Gasteiger partial charge >= 0.3 is 0 Å². The number of hydrogen-bond acceptors (Lipinski definition) is 2. The molecule has 2 rings (SSSR count). The second-order valence-corrected chi connectivity index (χ2v) is 6.38. The van der Waals surface area contributed by atoms with Crippen molar-refractivity contribution in [2.75, 3.05) is 6.61 Å². The van der Waals surface area contributed by atoms with Gasteiger partial charge in [0.1, 0.15) is 6.61 Å². The lowest BCUT2D eigenvalue weighted by Crippen LogP contribution is -2.24. The summed E-state index contributed by atoms with van der Waals surface area (Å²) in [5, 5.41) is 0. The van der Waals surface area contributed by atoms with Gasteiger partial charge in [0.25, 0.3) is 0 Å². The predicted octanol–water partition coefficient (Wildman–Crippen LogP) is 4.39. The van der Waals surface area contributed by atoms with Crippen molar-refractivity contribution in [3.8, 4) is 0 Å². The van der Waals surface area contributed by atoms with Gasteiger partial charge in [0, 0.05) is 5.56 Å². The molecule has 0 bridgehead atoms. The molecule has 0 N–H and O–H groups in total. The average molecular weight is 274 g/mol. The molecule has 110 valence electrons. The number of carbonyl (C=O) groups is 1. The van der Waals surface area contributed by atoms with E-state index < -0.39 is 0 Å². The number of ketones is 1. The first-order valence-corrected chi connectivity index (χ1v) is 7.70. The molecule has 0 saturated heterocycles. The fourth-order valence-electron chi connectivity index (χ4n) is 3.06. The smallest absolute Gasteiger partial charge is 0.188 e. The van der Waals surface area contributed by atoms with E-state index in [9.17, 15) is 4.79 Å². The van der Waals surface area contributed by atoms with Gasteiger partial charge in [-0.1, -0.05) is 25.8 Å². The molecule has 0 amide bonds. The summed E-state index contributed by atoms with van der Waals surface area (Å²) in [6.45, 7) is 8.62. The Morgan fingerprint density at radius 3 is 2.55 bits per heavy atom. The van der Waals surface area contributed by atoms with Gasteiger partial charge in [-0.2, -0.15) is 0 Å². The predicted molar refractivity (Wildman–Crippen MR) is 82.4 cm³/mol. The van der Waals surface area contributed by atoms with Crippen LogP contribution in [-0.4, -0.2) is 18.5 Å². The van der Waals surface area contributed by atoms with E-state index in [0.717, 1.165) is 29.9 Å².